The third-order valence-electron chi connectivity index (χ3n) is 4.15. The van der Waals surface area contributed by atoms with Gasteiger partial charge in [-0.25, -0.2) is 4.98 Å². The van der Waals surface area contributed by atoms with Gasteiger partial charge in [-0.1, -0.05) is 23.9 Å². The number of amides is 2. The largest absolute Gasteiger partial charge is 0.495 e. The van der Waals surface area contributed by atoms with Crippen LogP contribution in [0.1, 0.15) is 28.1 Å². The number of thioether (sulfide) groups is 1. The summed E-state index contributed by atoms with van der Waals surface area (Å²) in [6.07, 6.45) is 0.878. The van der Waals surface area contributed by atoms with Crippen LogP contribution in [0.5, 0.6) is 5.75 Å². The van der Waals surface area contributed by atoms with Crippen LogP contribution in [0.3, 0.4) is 0 Å². The van der Waals surface area contributed by atoms with E-state index in [-0.39, 0.29) is 23.8 Å². The van der Waals surface area contributed by atoms with Crippen molar-refractivity contribution in [2.75, 3.05) is 18.2 Å². The van der Waals surface area contributed by atoms with Crippen molar-refractivity contribution in [2.24, 2.45) is 5.73 Å². The van der Waals surface area contributed by atoms with Crippen LogP contribution in [-0.2, 0) is 4.79 Å². The summed E-state index contributed by atoms with van der Waals surface area (Å²) in [5.41, 5.74) is 5.96. The van der Waals surface area contributed by atoms with Gasteiger partial charge in [0.05, 0.1) is 23.1 Å². The monoisotopic (exact) mass is 432 g/mol. The number of carbonyl (C=O) groups excluding carboxylic acids is 2. The Labute approximate surface area is 174 Å². The Balaban J connectivity index is 1.85. The fourth-order valence-electron chi connectivity index (χ4n) is 2.75. The van der Waals surface area contributed by atoms with Gasteiger partial charge < -0.3 is 20.8 Å². The van der Waals surface area contributed by atoms with Crippen molar-refractivity contribution in [2.45, 2.75) is 24.9 Å². The summed E-state index contributed by atoms with van der Waals surface area (Å²) < 4.78 is 5.26. The number of primary amides is 1. The molecule has 3 aromatic rings. The number of carbonyl (C=O) groups is 2. The van der Waals surface area contributed by atoms with E-state index in [0.29, 0.717) is 49.4 Å². The van der Waals surface area contributed by atoms with Crippen LogP contribution in [0.2, 0.25) is 0 Å². The second-order valence-electron chi connectivity index (χ2n) is 6.18. The van der Waals surface area contributed by atoms with E-state index in [9.17, 15) is 14.4 Å². The molecule has 0 aliphatic rings. The molecule has 29 heavy (non-hydrogen) atoms. The van der Waals surface area contributed by atoms with Gasteiger partial charge in [-0.2, -0.15) is 0 Å². The number of methoxy groups -OCH3 is 1. The van der Waals surface area contributed by atoms with Crippen LogP contribution in [0.4, 0.5) is 5.69 Å². The number of para-hydroxylation sites is 2. The lowest BCUT2D eigenvalue weighted by Gasteiger charge is -2.09. The highest BCUT2D eigenvalue weighted by atomic mass is 32.2. The van der Waals surface area contributed by atoms with Gasteiger partial charge >= 0.3 is 0 Å². The van der Waals surface area contributed by atoms with E-state index in [1.807, 2.05) is 6.07 Å². The molecule has 3 rings (SSSR count). The number of anilines is 1. The molecule has 2 heterocycles. The number of thiophene rings is 1. The quantitative estimate of drug-likeness (QED) is 0.285. The van der Waals surface area contributed by atoms with Gasteiger partial charge in [-0.15, -0.1) is 11.3 Å². The lowest BCUT2D eigenvalue weighted by atomic mass is 10.2. The molecule has 10 heteroatoms. The molecule has 0 atom stereocenters. The number of hydrogen-bond donors (Lipinski definition) is 3. The summed E-state index contributed by atoms with van der Waals surface area (Å²) in [5.74, 6) is 0.459. The number of nitrogens with zero attached hydrogens (tertiary/aromatic N) is 1. The topological polar surface area (TPSA) is 127 Å². The first kappa shape index (κ1) is 20.9. The van der Waals surface area contributed by atoms with E-state index < -0.39 is 0 Å². The van der Waals surface area contributed by atoms with Crippen molar-refractivity contribution in [3.63, 3.8) is 0 Å². The number of H-pyrrole nitrogens is 1. The SMILES string of the molecule is COc1ccccc1NC(=O)c1sc2nc(SCCCC(N)=O)[nH]c(=O)c2c1C. The van der Waals surface area contributed by atoms with E-state index in [2.05, 4.69) is 15.3 Å². The van der Waals surface area contributed by atoms with Gasteiger partial charge in [-0.05, 0) is 31.0 Å². The van der Waals surface area contributed by atoms with Crippen LogP contribution >= 0.6 is 23.1 Å². The number of ether oxygens (including phenoxy) is 1. The molecule has 0 radical (unpaired) electrons. The van der Waals surface area contributed by atoms with Crippen molar-refractivity contribution in [1.29, 1.82) is 0 Å². The Bertz CT molecular complexity index is 1120. The van der Waals surface area contributed by atoms with Gasteiger partial charge in [-0.3, -0.25) is 14.4 Å². The van der Waals surface area contributed by atoms with Gasteiger partial charge in [0, 0.05) is 12.2 Å². The van der Waals surface area contributed by atoms with Crippen LogP contribution in [0, 0.1) is 6.92 Å². The number of benzene rings is 1. The molecule has 2 amide bonds. The first-order valence-corrected chi connectivity index (χ1v) is 10.6. The number of hydrogen-bond acceptors (Lipinski definition) is 7. The third kappa shape index (κ3) is 4.77. The summed E-state index contributed by atoms with van der Waals surface area (Å²) >= 11 is 2.50. The van der Waals surface area contributed by atoms with Crippen molar-refractivity contribution < 1.29 is 14.3 Å². The summed E-state index contributed by atoms with van der Waals surface area (Å²) in [4.78, 5) is 44.2. The van der Waals surface area contributed by atoms with Crippen LogP contribution < -0.4 is 21.3 Å². The van der Waals surface area contributed by atoms with E-state index in [4.69, 9.17) is 10.5 Å². The Morgan fingerprint density at radius 1 is 1.34 bits per heavy atom. The Kier molecular flexibility index (Phi) is 6.55. The van der Waals surface area contributed by atoms with Crippen LogP contribution in [0.15, 0.2) is 34.2 Å². The average molecular weight is 433 g/mol. The molecule has 0 unspecified atom stereocenters. The number of nitrogens with one attached hydrogen (secondary N) is 2. The highest BCUT2D eigenvalue weighted by molar-refractivity contribution is 7.99. The molecule has 0 bridgehead atoms. The molecule has 1 aromatic carbocycles. The van der Waals surface area contributed by atoms with Gasteiger partial charge in [0.1, 0.15) is 10.6 Å². The number of aryl methyl sites for hydroxylation is 1. The smallest absolute Gasteiger partial charge is 0.266 e. The fraction of sp³-hybridized carbons (Fsp3) is 0.263. The minimum absolute atomic E-state index is 0.283. The molecule has 152 valence electrons. The predicted molar refractivity (Wildman–Crippen MR) is 115 cm³/mol. The maximum absolute atomic E-state index is 12.8. The summed E-state index contributed by atoms with van der Waals surface area (Å²) in [6.45, 7) is 1.73. The van der Waals surface area contributed by atoms with Gasteiger partial charge in [0.25, 0.3) is 11.5 Å². The average Bonchev–Trinajstić information content (AvgIpc) is 3.02. The van der Waals surface area contributed by atoms with Crippen LogP contribution in [0.25, 0.3) is 10.2 Å². The number of rotatable bonds is 8. The lowest BCUT2D eigenvalue weighted by molar-refractivity contribution is -0.118. The maximum atomic E-state index is 12.8. The van der Waals surface area contributed by atoms with Crippen LogP contribution in [-0.4, -0.2) is 34.6 Å². The normalized spacial score (nSPS) is 10.8. The molecular weight excluding hydrogens is 412 g/mol. The molecular formula is C19H20N4O4S2. The molecule has 0 aliphatic heterocycles. The van der Waals surface area contributed by atoms with E-state index in [1.54, 1.807) is 25.1 Å². The molecule has 0 saturated carbocycles. The summed E-state index contributed by atoms with van der Waals surface area (Å²) in [6, 6.07) is 7.10. The standard InChI is InChI=1S/C19H20N4O4S2/c1-10-14-16(25)22-19(28-9-5-8-13(20)24)23-18(14)29-15(10)17(26)21-11-6-3-4-7-12(11)27-2/h3-4,6-7H,5,8-9H2,1-2H3,(H2,20,24)(H,21,26)(H,22,23,25). The molecule has 0 aliphatic carbocycles. The second-order valence-corrected chi connectivity index (χ2v) is 8.26. The van der Waals surface area contributed by atoms with Gasteiger partial charge in [0.2, 0.25) is 5.91 Å². The zero-order valence-electron chi connectivity index (χ0n) is 15.9. The van der Waals surface area contributed by atoms with E-state index in [0.717, 1.165) is 0 Å². The number of aromatic nitrogens is 2. The Hall–Kier alpha value is -2.85. The fourth-order valence-corrected chi connectivity index (χ4v) is 4.69. The van der Waals surface area contributed by atoms with Crippen molar-refractivity contribution in [1.82, 2.24) is 9.97 Å². The predicted octanol–water partition coefficient (Wildman–Crippen LogP) is 2.91. The third-order valence-corrected chi connectivity index (χ3v) is 6.29. The summed E-state index contributed by atoms with van der Waals surface area (Å²) in [7, 11) is 1.53. The zero-order chi connectivity index (χ0) is 21.0. The highest BCUT2D eigenvalue weighted by Gasteiger charge is 2.20. The zero-order valence-corrected chi connectivity index (χ0v) is 17.5. The summed E-state index contributed by atoms with van der Waals surface area (Å²) in [5, 5.41) is 3.68. The first-order valence-electron chi connectivity index (χ1n) is 8.79. The number of fused-ring (bicyclic) bond motifs is 1. The van der Waals surface area contributed by atoms with Crippen molar-refractivity contribution in [3.8, 4) is 5.75 Å². The number of aromatic amines is 1. The molecule has 8 nitrogen and oxygen atoms in total. The van der Waals surface area contributed by atoms with Crippen molar-refractivity contribution in [3.05, 3.63) is 45.1 Å². The molecule has 0 spiro atoms. The van der Waals surface area contributed by atoms with Gasteiger partial charge in [0.15, 0.2) is 5.16 Å². The minimum atomic E-state index is -0.359. The van der Waals surface area contributed by atoms with E-state index in [1.165, 1.54) is 30.2 Å². The first-order chi connectivity index (χ1) is 13.9. The Morgan fingerprint density at radius 3 is 2.83 bits per heavy atom. The van der Waals surface area contributed by atoms with E-state index >= 15 is 0 Å². The molecule has 0 fully saturated rings. The highest BCUT2D eigenvalue weighted by Crippen LogP contribution is 2.30. The second kappa shape index (κ2) is 9.10. The molecule has 2 aromatic heterocycles. The molecule has 4 N–H and O–H groups in total. The minimum Gasteiger partial charge on any atom is -0.495 e. The maximum Gasteiger partial charge on any atom is 0.266 e. The molecule has 0 saturated heterocycles. The lowest BCUT2D eigenvalue weighted by Crippen LogP contribution is -2.13. The Morgan fingerprint density at radius 2 is 2.10 bits per heavy atom. The van der Waals surface area contributed by atoms with Crippen molar-refractivity contribution >= 4 is 50.8 Å². The number of nitrogens with two attached hydrogens (primary N) is 1.